The van der Waals surface area contributed by atoms with Gasteiger partial charge in [-0.3, -0.25) is 0 Å². The van der Waals surface area contributed by atoms with Crippen LogP contribution in [-0.4, -0.2) is 22.2 Å². The Balaban J connectivity index is 2.50. The monoisotopic (exact) mass is 276 g/mol. The van der Waals surface area contributed by atoms with Crippen molar-refractivity contribution in [1.82, 2.24) is 0 Å². The highest BCUT2D eigenvalue weighted by atomic mass is 35.5. The van der Waals surface area contributed by atoms with E-state index in [1.54, 1.807) is 23.9 Å². The average molecular weight is 277 g/mol. The topological polar surface area (TPSA) is 20.2 Å². The highest BCUT2D eigenvalue weighted by Gasteiger charge is 2.12. The van der Waals surface area contributed by atoms with Crippen molar-refractivity contribution in [1.29, 1.82) is 0 Å². The summed E-state index contributed by atoms with van der Waals surface area (Å²) in [4.78, 5) is 0. The van der Waals surface area contributed by atoms with E-state index in [1.165, 1.54) is 6.07 Å². The van der Waals surface area contributed by atoms with E-state index in [9.17, 15) is 9.50 Å². The van der Waals surface area contributed by atoms with Gasteiger partial charge in [0.1, 0.15) is 5.82 Å². The van der Waals surface area contributed by atoms with Crippen LogP contribution >= 0.6 is 23.4 Å². The zero-order valence-electron chi connectivity index (χ0n) is 10.1. The molecule has 2 unspecified atom stereocenters. The quantitative estimate of drug-likeness (QED) is 0.850. The molecule has 0 amide bonds. The number of rotatable bonds is 6. The lowest BCUT2D eigenvalue weighted by Gasteiger charge is -2.14. The molecular weight excluding hydrogens is 259 g/mol. The SMILES string of the molecule is CCC(C)SCC(O)Cc1cccc(F)c1Cl. The van der Waals surface area contributed by atoms with E-state index >= 15 is 0 Å². The first kappa shape index (κ1) is 14.8. The molecule has 2 atom stereocenters. The van der Waals surface area contributed by atoms with Crippen molar-refractivity contribution >= 4 is 23.4 Å². The maximum atomic E-state index is 13.2. The van der Waals surface area contributed by atoms with Gasteiger partial charge in [0.25, 0.3) is 0 Å². The molecule has 4 heteroatoms. The molecule has 0 aliphatic heterocycles. The normalized spacial score (nSPS) is 14.6. The highest BCUT2D eigenvalue weighted by molar-refractivity contribution is 7.99. The molecule has 0 saturated heterocycles. The highest BCUT2D eigenvalue weighted by Crippen LogP contribution is 2.22. The molecule has 1 N–H and O–H groups in total. The fraction of sp³-hybridized carbons (Fsp3) is 0.538. The third-order valence-corrected chi connectivity index (χ3v) is 4.54. The minimum absolute atomic E-state index is 0.125. The molecule has 0 saturated carbocycles. The largest absolute Gasteiger partial charge is 0.392 e. The second kappa shape index (κ2) is 7.24. The van der Waals surface area contributed by atoms with E-state index < -0.39 is 11.9 Å². The molecule has 0 spiro atoms. The second-order valence-corrected chi connectivity index (χ2v) is 5.97. The van der Waals surface area contributed by atoms with Crippen molar-refractivity contribution in [3.05, 3.63) is 34.6 Å². The maximum absolute atomic E-state index is 13.2. The minimum atomic E-state index is -0.478. The lowest BCUT2D eigenvalue weighted by atomic mass is 10.1. The zero-order valence-corrected chi connectivity index (χ0v) is 11.7. The lowest BCUT2D eigenvalue weighted by Crippen LogP contribution is -2.15. The lowest BCUT2D eigenvalue weighted by molar-refractivity contribution is 0.200. The fourth-order valence-electron chi connectivity index (χ4n) is 1.41. The Morgan fingerprint density at radius 2 is 2.18 bits per heavy atom. The van der Waals surface area contributed by atoms with Crippen LogP contribution < -0.4 is 0 Å². The van der Waals surface area contributed by atoms with Gasteiger partial charge < -0.3 is 5.11 Å². The Morgan fingerprint density at radius 1 is 1.47 bits per heavy atom. The summed E-state index contributed by atoms with van der Waals surface area (Å²) in [7, 11) is 0. The van der Waals surface area contributed by atoms with Crippen LogP contribution in [0.1, 0.15) is 25.8 Å². The molecule has 0 heterocycles. The summed E-state index contributed by atoms with van der Waals surface area (Å²) < 4.78 is 13.2. The summed E-state index contributed by atoms with van der Waals surface area (Å²) in [5, 5.41) is 10.5. The first-order chi connectivity index (χ1) is 8.04. The zero-order chi connectivity index (χ0) is 12.8. The van der Waals surface area contributed by atoms with Gasteiger partial charge in [-0.25, -0.2) is 4.39 Å². The third-order valence-electron chi connectivity index (χ3n) is 2.64. The van der Waals surface area contributed by atoms with Gasteiger partial charge in [-0.05, 0) is 18.1 Å². The maximum Gasteiger partial charge on any atom is 0.142 e. The van der Waals surface area contributed by atoms with Crippen LogP contribution in [0.2, 0.25) is 5.02 Å². The number of thioether (sulfide) groups is 1. The second-order valence-electron chi connectivity index (χ2n) is 4.12. The van der Waals surface area contributed by atoms with Gasteiger partial charge in [-0.2, -0.15) is 11.8 Å². The number of aliphatic hydroxyl groups is 1. The average Bonchev–Trinajstić information content (AvgIpc) is 2.32. The predicted molar refractivity (Wildman–Crippen MR) is 73.3 cm³/mol. The van der Waals surface area contributed by atoms with Gasteiger partial charge in [0.15, 0.2) is 0 Å². The van der Waals surface area contributed by atoms with E-state index in [4.69, 9.17) is 11.6 Å². The summed E-state index contributed by atoms with van der Waals surface area (Å²) in [6.45, 7) is 4.25. The first-order valence-corrected chi connectivity index (χ1v) is 7.19. The Labute approximate surface area is 111 Å². The minimum Gasteiger partial charge on any atom is -0.392 e. The van der Waals surface area contributed by atoms with Crippen LogP contribution in [0.3, 0.4) is 0 Å². The molecule has 1 aromatic rings. The number of hydrogen-bond donors (Lipinski definition) is 1. The Kier molecular flexibility index (Phi) is 6.31. The molecule has 1 aromatic carbocycles. The van der Waals surface area contributed by atoms with E-state index in [2.05, 4.69) is 13.8 Å². The summed E-state index contributed by atoms with van der Waals surface area (Å²) in [5.74, 6) is 0.230. The van der Waals surface area contributed by atoms with E-state index in [-0.39, 0.29) is 5.02 Å². The van der Waals surface area contributed by atoms with Crippen LogP contribution in [-0.2, 0) is 6.42 Å². The van der Waals surface area contributed by atoms with Crippen LogP contribution in [0.4, 0.5) is 4.39 Å². The van der Waals surface area contributed by atoms with Gasteiger partial charge in [-0.15, -0.1) is 0 Å². The van der Waals surface area contributed by atoms with Crippen LogP contribution in [0.5, 0.6) is 0 Å². The van der Waals surface area contributed by atoms with Gasteiger partial charge in [0, 0.05) is 17.4 Å². The molecule has 0 aromatic heterocycles. The molecule has 0 aliphatic rings. The summed E-state index contributed by atoms with van der Waals surface area (Å²) in [6, 6.07) is 4.69. The van der Waals surface area contributed by atoms with E-state index in [0.717, 1.165) is 6.42 Å². The number of benzene rings is 1. The third kappa shape index (κ3) is 4.86. The van der Waals surface area contributed by atoms with Crippen LogP contribution in [0.25, 0.3) is 0 Å². The summed E-state index contributed by atoms with van der Waals surface area (Å²) in [5.41, 5.74) is 0.670. The van der Waals surface area contributed by atoms with Crippen molar-refractivity contribution in [2.75, 3.05) is 5.75 Å². The number of aliphatic hydroxyl groups excluding tert-OH is 1. The number of hydrogen-bond acceptors (Lipinski definition) is 2. The van der Waals surface area contributed by atoms with Crippen molar-refractivity contribution < 1.29 is 9.50 Å². The molecule has 0 bridgehead atoms. The van der Waals surface area contributed by atoms with Crippen molar-refractivity contribution in [3.63, 3.8) is 0 Å². The standard InChI is InChI=1S/C13H18ClFOS/c1-3-9(2)17-8-11(16)7-10-5-4-6-12(15)13(10)14/h4-6,9,11,16H,3,7-8H2,1-2H3. The molecular formula is C13H18ClFOS. The Bertz CT molecular complexity index is 359. The van der Waals surface area contributed by atoms with Crippen molar-refractivity contribution in [2.45, 2.75) is 38.0 Å². The van der Waals surface area contributed by atoms with E-state index in [0.29, 0.717) is 23.0 Å². The van der Waals surface area contributed by atoms with Gasteiger partial charge in [-0.1, -0.05) is 37.6 Å². The number of halogens is 2. The Morgan fingerprint density at radius 3 is 2.82 bits per heavy atom. The van der Waals surface area contributed by atoms with Gasteiger partial charge in [0.05, 0.1) is 11.1 Å². The predicted octanol–water partition coefficient (Wildman–Crippen LogP) is 3.91. The van der Waals surface area contributed by atoms with Crippen LogP contribution in [0, 0.1) is 5.82 Å². The van der Waals surface area contributed by atoms with Gasteiger partial charge in [0.2, 0.25) is 0 Å². The summed E-state index contributed by atoms with van der Waals surface area (Å²) >= 11 is 7.56. The molecule has 0 radical (unpaired) electrons. The van der Waals surface area contributed by atoms with E-state index in [1.807, 2.05) is 0 Å². The molecule has 0 fully saturated rings. The smallest absolute Gasteiger partial charge is 0.142 e. The van der Waals surface area contributed by atoms with Gasteiger partial charge >= 0.3 is 0 Å². The fourth-order valence-corrected chi connectivity index (χ4v) is 2.52. The molecule has 0 aliphatic carbocycles. The van der Waals surface area contributed by atoms with Crippen molar-refractivity contribution in [3.8, 4) is 0 Å². The molecule has 1 rings (SSSR count). The van der Waals surface area contributed by atoms with Crippen molar-refractivity contribution in [2.24, 2.45) is 0 Å². The molecule has 1 nitrogen and oxygen atoms in total. The molecule has 96 valence electrons. The first-order valence-electron chi connectivity index (χ1n) is 5.77. The Hall–Kier alpha value is -0.250. The summed E-state index contributed by atoms with van der Waals surface area (Å²) in [6.07, 6.45) is 1.01. The van der Waals surface area contributed by atoms with Crippen LogP contribution in [0.15, 0.2) is 18.2 Å². The molecule has 17 heavy (non-hydrogen) atoms.